The topological polar surface area (TPSA) is 72.8 Å². The summed E-state index contributed by atoms with van der Waals surface area (Å²) in [5.74, 6) is -0.642. The summed E-state index contributed by atoms with van der Waals surface area (Å²) in [6, 6.07) is 12.0. The SMILES string of the molecule is C[NH2+]Cc1ccc(-c2cc3cc(F)cc(C(N)=O)c3o2)cc1. The van der Waals surface area contributed by atoms with Crippen LogP contribution in [-0.4, -0.2) is 13.0 Å². The zero-order valence-electron chi connectivity index (χ0n) is 12.1. The van der Waals surface area contributed by atoms with Gasteiger partial charge in [0.2, 0.25) is 0 Å². The number of halogens is 1. The number of quaternary nitrogens is 1. The fourth-order valence-electron chi connectivity index (χ4n) is 2.48. The summed E-state index contributed by atoms with van der Waals surface area (Å²) >= 11 is 0. The molecule has 0 atom stereocenters. The molecule has 5 heteroatoms. The van der Waals surface area contributed by atoms with Crippen molar-refractivity contribution in [1.82, 2.24) is 0 Å². The van der Waals surface area contributed by atoms with Crippen LogP contribution in [0.5, 0.6) is 0 Å². The molecule has 0 aliphatic rings. The van der Waals surface area contributed by atoms with Gasteiger partial charge in [0.1, 0.15) is 23.7 Å². The van der Waals surface area contributed by atoms with Gasteiger partial charge in [-0.3, -0.25) is 4.79 Å². The molecule has 0 saturated heterocycles. The first-order valence-corrected chi connectivity index (χ1v) is 6.98. The van der Waals surface area contributed by atoms with E-state index in [4.69, 9.17) is 10.2 Å². The second-order valence-corrected chi connectivity index (χ2v) is 5.16. The highest BCUT2D eigenvalue weighted by Gasteiger charge is 2.15. The number of hydrogen-bond donors (Lipinski definition) is 2. The Morgan fingerprint density at radius 2 is 1.95 bits per heavy atom. The van der Waals surface area contributed by atoms with E-state index >= 15 is 0 Å². The van der Waals surface area contributed by atoms with Crippen molar-refractivity contribution in [2.75, 3.05) is 7.05 Å². The summed E-state index contributed by atoms with van der Waals surface area (Å²) in [6.45, 7) is 0.900. The standard InChI is InChI=1S/C17H15FN2O2/c1-20-9-10-2-4-11(5-3-10)15-7-12-6-13(18)8-14(17(19)21)16(12)22-15/h2-8,20H,9H2,1H3,(H2,19,21)/p+1. The van der Waals surface area contributed by atoms with Gasteiger partial charge in [-0.15, -0.1) is 0 Å². The van der Waals surface area contributed by atoms with Gasteiger partial charge in [0, 0.05) is 16.5 Å². The summed E-state index contributed by atoms with van der Waals surface area (Å²) in [6.07, 6.45) is 0. The number of benzene rings is 2. The molecule has 0 radical (unpaired) electrons. The van der Waals surface area contributed by atoms with Crippen LogP contribution in [0.4, 0.5) is 4.39 Å². The quantitative estimate of drug-likeness (QED) is 0.773. The first kappa shape index (κ1) is 14.3. The molecule has 1 amide bonds. The number of nitrogens with two attached hydrogens (primary N) is 2. The summed E-state index contributed by atoms with van der Waals surface area (Å²) in [5.41, 5.74) is 7.72. The normalized spacial score (nSPS) is 11.0. The van der Waals surface area contributed by atoms with E-state index in [9.17, 15) is 9.18 Å². The lowest BCUT2D eigenvalue weighted by Gasteiger charge is -2.00. The van der Waals surface area contributed by atoms with Gasteiger partial charge >= 0.3 is 0 Å². The molecule has 1 heterocycles. The maximum atomic E-state index is 13.6. The Hall–Kier alpha value is -2.66. The van der Waals surface area contributed by atoms with E-state index in [0.717, 1.165) is 18.2 Å². The summed E-state index contributed by atoms with van der Waals surface area (Å²) in [7, 11) is 2.01. The highest BCUT2D eigenvalue weighted by atomic mass is 19.1. The van der Waals surface area contributed by atoms with Crippen molar-refractivity contribution in [2.24, 2.45) is 5.73 Å². The van der Waals surface area contributed by atoms with Crippen LogP contribution in [0.15, 0.2) is 46.9 Å². The Morgan fingerprint density at radius 3 is 2.59 bits per heavy atom. The van der Waals surface area contributed by atoms with Gasteiger partial charge < -0.3 is 15.5 Å². The van der Waals surface area contributed by atoms with Crippen molar-refractivity contribution in [3.8, 4) is 11.3 Å². The van der Waals surface area contributed by atoms with Gasteiger partial charge in [-0.25, -0.2) is 4.39 Å². The third kappa shape index (κ3) is 2.58. The molecule has 4 N–H and O–H groups in total. The number of amides is 1. The Morgan fingerprint density at radius 1 is 1.23 bits per heavy atom. The molecule has 0 aliphatic carbocycles. The number of furan rings is 1. The van der Waals surface area contributed by atoms with Crippen LogP contribution < -0.4 is 11.1 Å². The van der Waals surface area contributed by atoms with E-state index in [2.05, 4.69) is 5.32 Å². The number of primary amides is 1. The lowest BCUT2D eigenvalue weighted by atomic mass is 10.1. The smallest absolute Gasteiger partial charge is 0.252 e. The molecule has 0 unspecified atom stereocenters. The molecular weight excluding hydrogens is 283 g/mol. The maximum Gasteiger partial charge on any atom is 0.252 e. The Bertz CT molecular complexity index is 838. The van der Waals surface area contributed by atoms with E-state index in [-0.39, 0.29) is 5.56 Å². The van der Waals surface area contributed by atoms with E-state index in [0.29, 0.717) is 16.7 Å². The molecule has 3 aromatic rings. The number of carbonyl (C=O) groups excluding carboxylic acids is 1. The molecule has 0 bridgehead atoms. The van der Waals surface area contributed by atoms with E-state index in [1.165, 1.54) is 11.6 Å². The average molecular weight is 299 g/mol. The van der Waals surface area contributed by atoms with Gasteiger partial charge in [0.15, 0.2) is 0 Å². The average Bonchev–Trinajstić information content (AvgIpc) is 2.91. The summed E-state index contributed by atoms with van der Waals surface area (Å²) < 4.78 is 19.3. The lowest BCUT2D eigenvalue weighted by Crippen LogP contribution is -2.77. The molecule has 0 aliphatic heterocycles. The number of hydrogen-bond acceptors (Lipinski definition) is 2. The Kier molecular flexibility index (Phi) is 3.65. The van der Waals surface area contributed by atoms with E-state index in [1.807, 2.05) is 31.3 Å². The molecule has 0 spiro atoms. The molecule has 112 valence electrons. The molecule has 4 nitrogen and oxygen atoms in total. The third-order valence-corrected chi connectivity index (χ3v) is 3.52. The van der Waals surface area contributed by atoms with Gasteiger partial charge in [-0.2, -0.15) is 0 Å². The number of carbonyl (C=O) groups is 1. The third-order valence-electron chi connectivity index (χ3n) is 3.52. The van der Waals surface area contributed by atoms with Crippen molar-refractivity contribution in [2.45, 2.75) is 6.54 Å². The van der Waals surface area contributed by atoms with Crippen molar-refractivity contribution in [3.05, 3.63) is 59.4 Å². The van der Waals surface area contributed by atoms with Gasteiger partial charge in [-0.05, 0) is 18.2 Å². The fraction of sp³-hybridized carbons (Fsp3) is 0.118. The highest BCUT2D eigenvalue weighted by Crippen LogP contribution is 2.30. The van der Waals surface area contributed by atoms with Gasteiger partial charge in [0.25, 0.3) is 5.91 Å². The Balaban J connectivity index is 2.08. The van der Waals surface area contributed by atoms with Crippen LogP contribution >= 0.6 is 0 Å². The lowest BCUT2D eigenvalue weighted by molar-refractivity contribution is -0.643. The van der Waals surface area contributed by atoms with Crippen molar-refractivity contribution < 1.29 is 18.9 Å². The summed E-state index contributed by atoms with van der Waals surface area (Å²) in [5, 5.41) is 2.60. The molecule has 1 aromatic heterocycles. The van der Waals surface area contributed by atoms with Crippen LogP contribution in [0.2, 0.25) is 0 Å². The second kappa shape index (κ2) is 5.61. The molecule has 0 fully saturated rings. The molecule has 2 aromatic carbocycles. The van der Waals surface area contributed by atoms with Crippen LogP contribution in [0.1, 0.15) is 15.9 Å². The number of fused-ring (bicyclic) bond motifs is 1. The van der Waals surface area contributed by atoms with Crippen molar-refractivity contribution >= 4 is 16.9 Å². The van der Waals surface area contributed by atoms with Gasteiger partial charge in [0.05, 0.1) is 12.6 Å². The fourth-order valence-corrected chi connectivity index (χ4v) is 2.48. The summed E-state index contributed by atoms with van der Waals surface area (Å²) in [4.78, 5) is 11.4. The zero-order chi connectivity index (χ0) is 15.7. The van der Waals surface area contributed by atoms with E-state index in [1.54, 1.807) is 6.07 Å². The van der Waals surface area contributed by atoms with Crippen LogP contribution in [0, 0.1) is 5.82 Å². The Labute approximate surface area is 126 Å². The van der Waals surface area contributed by atoms with Crippen molar-refractivity contribution in [3.63, 3.8) is 0 Å². The molecular formula is C17H16FN2O2+. The molecule has 3 rings (SSSR count). The predicted molar refractivity (Wildman–Crippen MR) is 81.7 cm³/mol. The monoisotopic (exact) mass is 299 g/mol. The number of rotatable bonds is 4. The largest absolute Gasteiger partial charge is 0.455 e. The first-order chi connectivity index (χ1) is 10.6. The minimum atomic E-state index is -0.709. The molecule has 22 heavy (non-hydrogen) atoms. The maximum absolute atomic E-state index is 13.6. The van der Waals surface area contributed by atoms with Crippen LogP contribution in [-0.2, 0) is 6.54 Å². The van der Waals surface area contributed by atoms with Crippen LogP contribution in [0.25, 0.3) is 22.3 Å². The minimum absolute atomic E-state index is 0.0541. The minimum Gasteiger partial charge on any atom is -0.455 e. The van der Waals surface area contributed by atoms with Crippen molar-refractivity contribution in [1.29, 1.82) is 0 Å². The second-order valence-electron chi connectivity index (χ2n) is 5.16. The van der Waals surface area contributed by atoms with Gasteiger partial charge in [-0.1, -0.05) is 24.3 Å². The van der Waals surface area contributed by atoms with E-state index < -0.39 is 11.7 Å². The first-order valence-electron chi connectivity index (χ1n) is 6.98. The highest BCUT2D eigenvalue weighted by molar-refractivity contribution is 6.04. The zero-order valence-corrected chi connectivity index (χ0v) is 12.1. The predicted octanol–water partition coefficient (Wildman–Crippen LogP) is 2.03. The molecule has 0 saturated carbocycles. The van der Waals surface area contributed by atoms with Crippen LogP contribution in [0.3, 0.4) is 0 Å².